The number of nitriles is 1. The molecule has 80 valence electrons. The molecule has 0 aliphatic rings. The lowest BCUT2D eigenvalue weighted by Crippen LogP contribution is -2.18. The van der Waals surface area contributed by atoms with E-state index in [1.165, 1.54) is 12.1 Å². The Balaban J connectivity index is 2.10. The van der Waals surface area contributed by atoms with Crippen LogP contribution in [0.5, 0.6) is 0 Å². The van der Waals surface area contributed by atoms with Crippen LogP contribution in [-0.2, 0) is 6.42 Å². The molecule has 0 spiro atoms. The summed E-state index contributed by atoms with van der Waals surface area (Å²) in [6.45, 7) is 1.74. The molecule has 0 fully saturated rings. The molecule has 15 heavy (non-hydrogen) atoms. The Labute approximate surface area is 89.7 Å². The van der Waals surface area contributed by atoms with E-state index in [0.717, 1.165) is 31.5 Å². The van der Waals surface area contributed by atoms with E-state index in [0.29, 0.717) is 6.42 Å². The molecule has 1 N–H and O–H groups in total. The van der Waals surface area contributed by atoms with E-state index < -0.39 is 0 Å². The quantitative estimate of drug-likeness (QED) is 0.725. The van der Waals surface area contributed by atoms with Gasteiger partial charge in [-0.15, -0.1) is 0 Å². The summed E-state index contributed by atoms with van der Waals surface area (Å²) in [7, 11) is 0. The highest BCUT2D eigenvalue weighted by Gasteiger charge is 1.93. The highest BCUT2D eigenvalue weighted by atomic mass is 19.1. The summed E-state index contributed by atoms with van der Waals surface area (Å²) in [6.07, 6.45) is 2.39. The Bertz CT molecular complexity index is 313. The van der Waals surface area contributed by atoms with Gasteiger partial charge in [-0.2, -0.15) is 5.26 Å². The summed E-state index contributed by atoms with van der Waals surface area (Å²) in [6, 6.07) is 8.65. The van der Waals surface area contributed by atoms with E-state index in [1.54, 1.807) is 12.1 Å². The molecule has 0 aliphatic carbocycles. The molecule has 0 atom stereocenters. The lowest BCUT2D eigenvalue weighted by atomic mass is 10.1. The van der Waals surface area contributed by atoms with Crippen molar-refractivity contribution in [2.75, 3.05) is 13.1 Å². The summed E-state index contributed by atoms with van der Waals surface area (Å²) in [4.78, 5) is 0. The number of unbranched alkanes of at least 4 members (excludes halogenated alkanes) is 1. The fraction of sp³-hybridized carbons (Fsp3) is 0.417. The zero-order valence-electron chi connectivity index (χ0n) is 8.67. The maximum Gasteiger partial charge on any atom is 0.123 e. The van der Waals surface area contributed by atoms with Crippen LogP contribution in [0.1, 0.15) is 18.4 Å². The minimum atomic E-state index is -0.194. The first-order valence-electron chi connectivity index (χ1n) is 5.15. The van der Waals surface area contributed by atoms with Gasteiger partial charge in [0.25, 0.3) is 0 Å². The maximum atomic E-state index is 12.6. The van der Waals surface area contributed by atoms with Crippen LogP contribution in [0.4, 0.5) is 4.39 Å². The van der Waals surface area contributed by atoms with Gasteiger partial charge < -0.3 is 5.32 Å². The molecule has 2 nitrogen and oxygen atoms in total. The molecule has 1 aromatic rings. The predicted octanol–water partition coefficient (Wildman–Crippen LogP) is 2.26. The molecule has 0 unspecified atom stereocenters. The topological polar surface area (TPSA) is 35.8 Å². The second kappa shape index (κ2) is 6.97. The smallest absolute Gasteiger partial charge is 0.123 e. The maximum absolute atomic E-state index is 12.6. The Hall–Kier alpha value is -1.40. The van der Waals surface area contributed by atoms with Crippen molar-refractivity contribution in [2.45, 2.75) is 19.3 Å². The molecular weight excluding hydrogens is 191 g/mol. The number of hydrogen-bond acceptors (Lipinski definition) is 2. The van der Waals surface area contributed by atoms with Crippen LogP contribution in [-0.4, -0.2) is 13.1 Å². The van der Waals surface area contributed by atoms with Crippen LogP contribution < -0.4 is 5.32 Å². The third kappa shape index (κ3) is 5.14. The molecule has 0 aromatic heterocycles. The van der Waals surface area contributed by atoms with E-state index in [9.17, 15) is 4.39 Å². The van der Waals surface area contributed by atoms with Crippen LogP contribution in [0.25, 0.3) is 0 Å². The standard InChI is InChI=1S/C12H15FN2/c13-12-5-3-11(4-6-12)7-10-15-9-2-1-8-14/h3-6,15H,1-2,7,9-10H2. The van der Waals surface area contributed by atoms with E-state index in [-0.39, 0.29) is 5.82 Å². The van der Waals surface area contributed by atoms with E-state index in [4.69, 9.17) is 5.26 Å². The number of nitrogens with zero attached hydrogens (tertiary/aromatic N) is 1. The molecule has 1 rings (SSSR count). The van der Waals surface area contributed by atoms with Crippen molar-refractivity contribution >= 4 is 0 Å². The zero-order chi connectivity index (χ0) is 10.9. The number of hydrogen-bond donors (Lipinski definition) is 1. The lowest BCUT2D eigenvalue weighted by Gasteiger charge is -2.03. The predicted molar refractivity (Wildman–Crippen MR) is 57.8 cm³/mol. The van der Waals surface area contributed by atoms with Crippen LogP contribution in [0.3, 0.4) is 0 Å². The monoisotopic (exact) mass is 206 g/mol. The van der Waals surface area contributed by atoms with Gasteiger partial charge in [0.15, 0.2) is 0 Å². The second-order valence-corrected chi connectivity index (χ2v) is 3.39. The summed E-state index contributed by atoms with van der Waals surface area (Å²) < 4.78 is 12.6. The van der Waals surface area contributed by atoms with Gasteiger partial charge in [-0.1, -0.05) is 12.1 Å². The molecule has 0 radical (unpaired) electrons. The normalized spacial score (nSPS) is 9.87. The van der Waals surface area contributed by atoms with Crippen LogP contribution in [0.15, 0.2) is 24.3 Å². The van der Waals surface area contributed by atoms with Crippen molar-refractivity contribution in [2.24, 2.45) is 0 Å². The Kier molecular flexibility index (Phi) is 5.42. The largest absolute Gasteiger partial charge is 0.316 e. The van der Waals surface area contributed by atoms with Crippen molar-refractivity contribution in [1.29, 1.82) is 5.26 Å². The van der Waals surface area contributed by atoms with Gasteiger partial charge in [-0.3, -0.25) is 0 Å². The van der Waals surface area contributed by atoms with E-state index >= 15 is 0 Å². The van der Waals surface area contributed by atoms with Gasteiger partial charge in [0, 0.05) is 6.42 Å². The van der Waals surface area contributed by atoms with Gasteiger partial charge in [0.1, 0.15) is 5.82 Å². The SMILES string of the molecule is N#CCCCNCCc1ccc(F)cc1. The van der Waals surface area contributed by atoms with Crippen molar-refractivity contribution < 1.29 is 4.39 Å². The number of nitrogens with one attached hydrogen (secondary N) is 1. The molecule has 0 saturated carbocycles. The van der Waals surface area contributed by atoms with E-state index in [1.807, 2.05) is 0 Å². The second-order valence-electron chi connectivity index (χ2n) is 3.39. The third-order valence-corrected chi connectivity index (χ3v) is 2.15. The summed E-state index contributed by atoms with van der Waals surface area (Å²) in [5.41, 5.74) is 1.13. The van der Waals surface area contributed by atoms with Crippen LogP contribution in [0, 0.1) is 17.1 Å². The first kappa shape index (κ1) is 11.7. The van der Waals surface area contributed by atoms with Crippen LogP contribution >= 0.6 is 0 Å². The van der Waals surface area contributed by atoms with Crippen molar-refractivity contribution in [3.63, 3.8) is 0 Å². The highest BCUT2D eigenvalue weighted by Crippen LogP contribution is 2.02. The Morgan fingerprint density at radius 1 is 1.20 bits per heavy atom. The van der Waals surface area contributed by atoms with Crippen molar-refractivity contribution in [3.05, 3.63) is 35.6 Å². The van der Waals surface area contributed by atoms with Crippen molar-refractivity contribution in [3.8, 4) is 6.07 Å². The van der Waals surface area contributed by atoms with Crippen molar-refractivity contribution in [1.82, 2.24) is 5.32 Å². The fourth-order valence-electron chi connectivity index (χ4n) is 1.30. The molecular formula is C12H15FN2. The first-order chi connectivity index (χ1) is 7.33. The third-order valence-electron chi connectivity index (χ3n) is 2.15. The molecule has 3 heteroatoms. The van der Waals surface area contributed by atoms with E-state index in [2.05, 4.69) is 11.4 Å². The number of halogens is 1. The first-order valence-corrected chi connectivity index (χ1v) is 5.15. The van der Waals surface area contributed by atoms with Gasteiger partial charge in [-0.05, 0) is 43.6 Å². The summed E-state index contributed by atoms with van der Waals surface area (Å²) in [5.74, 6) is -0.194. The fourth-order valence-corrected chi connectivity index (χ4v) is 1.30. The molecule has 0 aliphatic heterocycles. The van der Waals surface area contributed by atoms with Gasteiger partial charge in [-0.25, -0.2) is 4.39 Å². The minimum absolute atomic E-state index is 0.194. The van der Waals surface area contributed by atoms with Gasteiger partial charge in [0.2, 0.25) is 0 Å². The Morgan fingerprint density at radius 3 is 2.60 bits per heavy atom. The molecule has 1 aromatic carbocycles. The molecule has 0 heterocycles. The average Bonchev–Trinajstić information content (AvgIpc) is 2.26. The van der Waals surface area contributed by atoms with Gasteiger partial charge in [0.05, 0.1) is 6.07 Å². The number of benzene rings is 1. The highest BCUT2D eigenvalue weighted by molar-refractivity contribution is 5.16. The minimum Gasteiger partial charge on any atom is -0.316 e. The zero-order valence-corrected chi connectivity index (χ0v) is 8.67. The average molecular weight is 206 g/mol. The van der Waals surface area contributed by atoms with Gasteiger partial charge >= 0.3 is 0 Å². The Morgan fingerprint density at radius 2 is 1.93 bits per heavy atom. The summed E-state index contributed by atoms with van der Waals surface area (Å²) in [5, 5.41) is 11.6. The number of rotatable bonds is 6. The van der Waals surface area contributed by atoms with Crippen LogP contribution in [0.2, 0.25) is 0 Å². The summed E-state index contributed by atoms with van der Waals surface area (Å²) >= 11 is 0. The molecule has 0 bridgehead atoms. The lowest BCUT2D eigenvalue weighted by molar-refractivity contribution is 0.625. The molecule has 0 amide bonds. The molecule has 0 saturated heterocycles.